The number of nitrogens with zero attached hydrogens (tertiary/aromatic N) is 1. The van der Waals surface area contributed by atoms with Crippen molar-refractivity contribution in [3.8, 4) is 0 Å². The second-order valence-electron chi connectivity index (χ2n) is 5.11. The summed E-state index contributed by atoms with van der Waals surface area (Å²) >= 11 is 6.16. The summed E-state index contributed by atoms with van der Waals surface area (Å²) in [5.74, 6) is -0.0816. The van der Waals surface area contributed by atoms with Crippen LogP contribution in [0.4, 0.5) is 17.1 Å². The Balaban J connectivity index is 2.30. The van der Waals surface area contributed by atoms with Gasteiger partial charge in [-0.1, -0.05) is 17.7 Å². The van der Waals surface area contributed by atoms with E-state index in [0.717, 1.165) is 16.9 Å². The lowest BCUT2D eigenvalue weighted by Crippen LogP contribution is -2.21. The summed E-state index contributed by atoms with van der Waals surface area (Å²) < 4.78 is 0. The molecule has 21 heavy (non-hydrogen) atoms. The van der Waals surface area contributed by atoms with Crippen LogP contribution in [0.5, 0.6) is 0 Å². The standard InChI is InChI=1S/C16H18ClN3O/c1-10-4-6-12(17)15(8-10)19-14-7-5-11(9-13(14)18)16(21)20(2)3/h4-9,19H,18H2,1-3H3. The van der Waals surface area contributed by atoms with E-state index in [1.807, 2.05) is 25.1 Å². The number of nitrogen functional groups attached to an aromatic ring is 1. The summed E-state index contributed by atoms with van der Waals surface area (Å²) in [7, 11) is 3.41. The fourth-order valence-corrected chi connectivity index (χ4v) is 2.11. The molecule has 0 bridgehead atoms. The molecule has 5 heteroatoms. The zero-order chi connectivity index (χ0) is 15.6. The maximum atomic E-state index is 11.9. The Bertz CT molecular complexity index is 683. The Morgan fingerprint density at radius 2 is 1.86 bits per heavy atom. The molecule has 1 amide bonds. The monoisotopic (exact) mass is 303 g/mol. The van der Waals surface area contributed by atoms with Gasteiger partial charge in [0.15, 0.2) is 0 Å². The minimum Gasteiger partial charge on any atom is -0.397 e. The Kier molecular flexibility index (Phi) is 4.38. The number of nitrogens with one attached hydrogen (secondary N) is 1. The molecule has 110 valence electrons. The number of amides is 1. The molecule has 0 spiro atoms. The van der Waals surface area contributed by atoms with E-state index in [1.54, 1.807) is 32.3 Å². The quantitative estimate of drug-likeness (QED) is 0.850. The smallest absolute Gasteiger partial charge is 0.253 e. The lowest BCUT2D eigenvalue weighted by atomic mass is 10.1. The van der Waals surface area contributed by atoms with E-state index in [9.17, 15) is 4.79 Å². The van der Waals surface area contributed by atoms with Gasteiger partial charge in [-0.15, -0.1) is 0 Å². The minimum absolute atomic E-state index is 0.0816. The highest BCUT2D eigenvalue weighted by Gasteiger charge is 2.10. The molecule has 0 aliphatic rings. The van der Waals surface area contributed by atoms with Gasteiger partial charge in [0, 0.05) is 19.7 Å². The van der Waals surface area contributed by atoms with Gasteiger partial charge in [0.2, 0.25) is 0 Å². The number of carbonyl (C=O) groups is 1. The Morgan fingerprint density at radius 3 is 2.48 bits per heavy atom. The molecule has 0 heterocycles. The molecule has 0 aliphatic carbocycles. The van der Waals surface area contributed by atoms with Crippen molar-refractivity contribution < 1.29 is 4.79 Å². The van der Waals surface area contributed by atoms with Crippen LogP contribution in [0.2, 0.25) is 5.02 Å². The number of hydrogen-bond acceptors (Lipinski definition) is 3. The summed E-state index contributed by atoms with van der Waals surface area (Å²) in [6.07, 6.45) is 0. The SMILES string of the molecule is Cc1ccc(Cl)c(Nc2ccc(C(=O)N(C)C)cc2N)c1. The Morgan fingerprint density at radius 1 is 1.14 bits per heavy atom. The number of benzene rings is 2. The molecule has 0 radical (unpaired) electrons. The van der Waals surface area contributed by atoms with Crippen LogP contribution in [0.1, 0.15) is 15.9 Å². The van der Waals surface area contributed by atoms with E-state index in [4.69, 9.17) is 17.3 Å². The Hall–Kier alpha value is -2.20. The third kappa shape index (κ3) is 3.47. The van der Waals surface area contributed by atoms with E-state index in [0.29, 0.717) is 16.3 Å². The lowest BCUT2D eigenvalue weighted by Gasteiger charge is -2.14. The molecule has 0 fully saturated rings. The average Bonchev–Trinajstić information content (AvgIpc) is 2.44. The third-order valence-corrected chi connectivity index (χ3v) is 3.43. The summed E-state index contributed by atoms with van der Waals surface area (Å²) in [5, 5.41) is 3.81. The van der Waals surface area contributed by atoms with Crippen molar-refractivity contribution in [1.29, 1.82) is 0 Å². The van der Waals surface area contributed by atoms with Crippen LogP contribution in [0, 0.1) is 6.92 Å². The number of carbonyl (C=O) groups excluding carboxylic acids is 1. The van der Waals surface area contributed by atoms with Gasteiger partial charge >= 0.3 is 0 Å². The van der Waals surface area contributed by atoms with Gasteiger partial charge in [-0.05, 0) is 42.8 Å². The molecule has 0 saturated heterocycles. The molecular formula is C16H18ClN3O. The summed E-state index contributed by atoms with van der Waals surface area (Å²) in [5.41, 5.74) is 9.68. The zero-order valence-electron chi connectivity index (χ0n) is 12.3. The van der Waals surface area contributed by atoms with Crippen molar-refractivity contribution in [2.75, 3.05) is 25.1 Å². The molecule has 0 unspecified atom stereocenters. The van der Waals surface area contributed by atoms with Gasteiger partial charge in [0.25, 0.3) is 5.91 Å². The first-order valence-corrected chi connectivity index (χ1v) is 6.90. The molecule has 3 N–H and O–H groups in total. The van der Waals surface area contributed by atoms with Gasteiger partial charge in [-0.2, -0.15) is 0 Å². The molecule has 0 aromatic heterocycles. The van der Waals surface area contributed by atoms with Crippen molar-refractivity contribution >= 4 is 34.6 Å². The first-order valence-electron chi connectivity index (χ1n) is 6.53. The second kappa shape index (κ2) is 6.06. The van der Waals surface area contributed by atoms with Crippen LogP contribution >= 0.6 is 11.6 Å². The van der Waals surface area contributed by atoms with Crippen molar-refractivity contribution in [1.82, 2.24) is 4.90 Å². The van der Waals surface area contributed by atoms with Crippen LogP contribution in [0.3, 0.4) is 0 Å². The summed E-state index contributed by atoms with van der Waals surface area (Å²) in [6.45, 7) is 1.99. The fourth-order valence-electron chi connectivity index (χ4n) is 1.95. The normalized spacial score (nSPS) is 10.3. The molecule has 2 rings (SSSR count). The molecule has 2 aromatic rings. The van der Waals surface area contributed by atoms with Crippen molar-refractivity contribution in [2.45, 2.75) is 6.92 Å². The van der Waals surface area contributed by atoms with Crippen LogP contribution < -0.4 is 11.1 Å². The zero-order valence-corrected chi connectivity index (χ0v) is 13.0. The molecule has 0 aliphatic heterocycles. The molecule has 2 aromatic carbocycles. The topological polar surface area (TPSA) is 58.4 Å². The highest BCUT2D eigenvalue weighted by Crippen LogP contribution is 2.29. The fraction of sp³-hybridized carbons (Fsp3) is 0.188. The van der Waals surface area contributed by atoms with Gasteiger partial charge in [0.1, 0.15) is 0 Å². The number of nitrogens with two attached hydrogens (primary N) is 1. The predicted octanol–water partition coefficient (Wildman–Crippen LogP) is 3.68. The van der Waals surface area contributed by atoms with E-state index in [-0.39, 0.29) is 5.91 Å². The first-order chi connectivity index (χ1) is 9.88. The number of rotatable bonds is 3. The third-order valence-electron chi connectivity index (χ3n) is 3.10. The highest BCUT2D eigenvalue weighted by molar-refractivity contribution is 6.33. The molecule has 4 nitrogen and oxygen atoms in total. The van der Waals surface area contributed by atoms with Gasteiger partial charge in [0.05, 0.1) is 22.1 Å². The minimum atomic E-state index is -0.0816. The number of anilines is 3. The number of aryl methyl sites for hydroxylation is 1. The number of halogens is 1. The van der Waals surface area contributed by atoms with Crippen LogP contribution in [0.15, 0.2) is 36.4 Å². The maximum absolute atomic E-state index is 11.9. The van der Waals surface area contributed by atoms with Gasteiger partial charge in [-0.3, -0.25) is 4.79 Å². The van der Waals surface area contributed by atoms with Crippen LogP contribution in [-0.2, 0) is 0 Å². The van der Waals surface area contributed by atoms with Crippen molar-refractivity contribution in [3.05, 3.63) is 52.5 Å². The van der Waals surface area contributed by atoms with Crippen LogP contribution in [-0.4, -0.2) is 24.9 Å². The van der Waals surface area contributed by atoms with Crippen molar-refractivity contribution in [3.63, 3.8) is 0 Å². The highest BCUT2D eigenvalue weighted by atomic mass is 35.5. The molecule has 0 saturated carbocycles. The van der Waals surface area contributed by atoms with Crippen LogP contribution in [0.25, 0.3) is 0 Å². The van der Waals surface area contributed by atoms with Crippen molar-refractivity contribution in [2.24, 2.45) is 0 Å². The van der Waals surface area contributed by atoms with E-state index < -0.39 is 0 Å². The van der Waals surface area contributed by atoms with E-state index in [2.05, 4.69) is 5.32 Å². The van der Waals surface area contributed by atoms with Gasteiger partial charge in [-0.25, -0.2) is 0 Å². The summed E-state index contributed by atoms with van der Waals surface area (Å²) in [4.78, 5) is 13.4. The van der Waals surface area contributed by atoms with E-state index >= 15 is 0 Å². The predicted molar refractivity (Wildman–Crippen MR) is 88.3 cm³/mol. The van der Waals surface area contributed by atoms with Gasteiger partial charge < -0.3 is 16.0 Å². The largest absolute Gasteiger partial charge is 0.397 e. The second-order valence-corrected chi connectivity index (χ2v) is 5.52. The Labute approximate surface area is 129 Å². The van der Waals surface area contributed by atoms with E-state index in [1.165, 1.54) is 4.90 Å². The first kappa shape index (κ1) is 15.2. The average molecular weight is 304 g/mol. The molecule has 0 atom stereocenters. The lowest BCUT2D eigenvalue weighted by molar-refractivity contribution is 0.0827. The summed E-state index contributed by atoms with van der Waals surface area (Å²) in [6, 6.07) is 10.9. The number of hydrogen-bond donors (Lipinski definition) is 2. The molecular weight excluding hydrogens is 286 g/mol. The maximum Gasteiger partial charge on any atom is 0.253 e.